The van der Waals surface area contributed by atoms with Crippen molar-refractivity contribution in [3.8, 4) is 11.5 Å². The van der Waals surface area contributed by atoms with Crippen LogP contribution in [0.5, 0.6) is 11.5 Å². The number of hydrogen-bond donors (Lipinski definition) is 2. The minimum Gasteiger partial charge on any atom is -0.493 e. The molecule has 0 radical (unpaired) electrons. The van der Waals surface area contributed by atoms with Gasteiger partial charge in [-0.25, -0.2) is 4.79 Å². The third kappa shape index (κ3) is 5.59. The molecule has 28 heavy (non-hydrogen) atoms. The molecule has 10 heteroatoms. The average Bonchev–Trinajstić information content (AvgIpc) is 2.69. The number of nitrogens with one attached hydrogen (secondary N) is 1. The van der Waals surface area contributed by atoms with Gasteiger partial charge in [-0.1, -0.05) is 12.1 Å². The fourth-order valence-electron chi connectivity index (χ4n) is 2.18. The number of nitrogens with two attached hydrogens (primary N) is 1. The third-order valence-electron chi connectivity index (χ3n) is 3.55. The van der Waals surface area contributed by atoms with E-state index in [0.29, 0.717) is 11.5 Å². The van der Waals surface area contributed by atoms with Crippen molar-refractivity contribution in [1.29, 1.82) is 0 Å². The maximum atomic E-state index is 11.9. The highest BCUT2D eigenvalue weighted by molar-refractivity contribution is 5.92. The van der Waals surface area contributed by atoms with E-state index in [9.17, 15) is 19.7 Å². The van der Waals surface area contributed by atoms with E-state index in [4.69, 9.17) is 19.9 Å². The summed E-state index contributed by atoms with van der Waals surface area (Å²) in [6.07, 6.45) is 0. The Bertz CT molecular complexity index is 870. The van der Waals surface area contributed by atoms with Crippen LogP contribution >= 0.6 is 0 Å². The molecule has 0 aromatic heterocycles. The van der Waals surface area contributed by atoms with E-state index >= 15 is 0 Å². The molecule has 2 aromatic carbocycles. The van der Waals surface area contributed by atoms with Crippen molar-refractivity contribution in [3.63, 3.8) is 0 Å². The quantitative estimate of drug-likeness (QED) is 0.216. The van der Waals surface area contributed by atoms with Crippen molar-refractivity contribution < 1.29 is 28.7 Å². The first-order chi connectivity index (χ1) is 13.4. The molecule has 0 aliphatic carbocycles. The Morgan fingerprint density at radius 2 is 1.89 bits per heavy atom. The normalized spacial score (nSPS) is 10.0. The zero-order valence-corrected chi connectivity index (χ0v) is 15.0. The van der Waals surface area contributed by atoms with E-state index < -0.39 is 29.1 Å². The number of methoxy groups -OCH3 is 1. The van der Waals surface area contributed by atoms with Gasteiger partial charge in [-0.3, -0.25) is 14.9 Å². The number of nitro benzene ring substituents is 1. The van der Waals surface area contributed by atoms with Crippen molar-refractivity contribution in [3.05, 3.63) is 58.1 Å². The van der Waals surface area contributed by atoms with Gasteiger partial charge in [0.2, 0.25) is 0 Å². The zero-order chi connectivity index (χ0) is 20.5. The summed E-state index contributed by atoms with van der Waals surface area (Å²) in [5, 5.41) is 13.4. The first-order valence-electron chi connectivity index (χ1n) is 8.16. The summed E-state index contributed by atoms with van der Waals surface area (Å²) in [6, 6.07) is 10.6. The van der Waals surface area contributed by atoms with Crippen molar-refractivity contribution in [2.24, 2.45) is 0 Å². The molecule has 3 N–H and O–H groups in total. The third-order valence-corrected chi connectivity index (χ3v) is 3.55. The maximum Gasteiger partial charge on any atom is 0.338 e. The van der Waals surface area contributed by atoms with Gasteiger partial charge in [-0.15, -0.1) is 0 Å². The first-order valence-corrected chi connectivity index (χ1v) is 8.16. The number of nitrogen functional groups attached to an aromatic ring is 1. The molecule has 148 valence electrons. The summed E-state index contributed by atoms with van der Waals surface area (Å²) in [4.78, 5) is 33.8. The van der Waals surface area contributed by atoms with Gasteiger partial charge in [0.25, 0.3) is 11.6 Å². The monoisotopic (exact) mass is 389 g/mol. The van der Waals surface area contributed by atoms with Gasteiger partial charge in [-0.05, 0) is 24.3 Å². The molecule has 0 bridgehead atoms. The largest absolute Gasteiger partial charge is 0.493 e. The van der Waals surface area contributed by atoms with Crippen LogP contribution in [0.15, 0.2) is 42.5 Å². The Morgan fingerprint density at radius 3 is 2.57 bits per heavy atom. The minimum atomic E-state index is -0.872. The topological polar surface area (TPSA) is 143 Å². The molecule has 0 aliphatic rings. The van der Waals surface area contributed by atoms with Crippen LogP contribution < -0.4 is 20.5 Å². The fourth-order valence-corrected chi connectivity index (χ4v) is 2.18. The Kier molecular flexibility index (Phi) is 7.14. The van der Waals surface area contributed by atoms with Crippen molar-refractivity contribution in [2.75, 3.05) is 32.6 Å². The number of carbonyl (C=O) groups is 2. The van der Waals surface area contributed by atoms with Crippen LogP contribution in [0.2, 0.25) is 0 Å². The van der Waals surface area contributed by atoms with Crippen LogP contribution in [-0.4, -0.2) is 43.7 Å². The smallest absolute Gasteiger partial charge is 0.338 e. The molecule has 0 saturated heterocycles. The van der Waals surface area contributed by atoms with Gasteiger partial charge >= 0.3 is 5.97 Å². The predicted molar refractivity (Wildman–Crippen MR) is 99.3 cm³/mol. The van der Waals surface area contributed by atoms with Crippen LogP contribution in [0.4, 0.5) is 11.4 Å². The van der Waals surface area contributed by atoms with Gasteiger partial charge in [0.15, 0.2) is 18.1 Å². The second kappa shape index (κ2) is 9.76. The van der Waals surface area contributed by atoms with Gasteiger partial charge in [0.05, 0.1) is 24.1 Å². The van der Waals surface area contributed by atoms with E-state index in [2.05, 4.69) is 5.32 Å². The molecule has 2 rings (SSSR count). The summed E-state index contributed by atoms with van der Waals surface area (Å²) in [5.41, 5.74) is 4.90. The Balaban J connectivity index is 1.76. The number of ether oxygens (including phenoxy) is 3. The average molecular weight is 389 g/mol. The number of benzene rings is 2. The molecule has 2 aromatic rings. The Morgan fingerprint density at radius 1 is 1.18 bits per heavy atom. The number of hydrogen-bond acceptors (Lipinski definition) is 8. The first kappa shape index (κ1) is 20.5. The van der Waals surface area contributed by atoms with Gasteiger partial charge in [-0.2, -0.15) is 0 Å². The van der Waals surface area contributed by atoms with E-state index in [1.807, 2.05) is 0 Å². The highest BCUT2D eigenvalue weighted by Crippen LogP contribution is 2.25. The van der Waals surface area contributed by atoms with Crippen LogP contribution in [0, 0.1) is 10.1 Å². The van der Waals surface area contributed by atoms with Gasteiger partial charge in [0, 0.05) is 6.07 Å². The molecular weight excluding hydrogens is 370 g/mol. The van der Waals surface area contributed by atoms with Crippen LogP contribution in [0.3, 0.4) is 0 Å². The number of para-hydroxylation sites is 2. The molecule has 0 fully saturated rings. The molecular formula is C18H19N3O7. The lowest BCUT2D eigenvalue weighted by Crippen LogP contribution is -2.32. The molecule has 0 atom stereocenters. The lowest BCUT2D eigenvalue weighted by atomic mass is 10.2. The number of anilines is 1. The molecule has 0 aliphatic heterocycles. The molecule has 10 nitrogen and oxygen atoms in total. The number of nitrogens with zero attached hydrogens (tertiary/aromatic N) is 1. The highest BCUT2D eigenvalue weighted by Gasteiger charge is 2.17. The van der Waals surface area contributed by atoms with Crippen molar-refractivity contribution in [2.45, 2.75) is 0 Å². The summed E-state index contributed by atoms with van der Waals surface area (Å²) in [7, 11) is 1.52. The number of rotatable bonds is 9. The molecule has 0 heterocycles. The lowest BCUT2D eigenvalue weighted by Gasteiger charge is -2.11. The lowest BCUT2D eigenvalue weighted by molar-refractivity contribution is -0.383. The zero-order valence-electron chi connectivity index (χ0n) is 15.0. The SMILES string of the molecule is COc1ccccc1OCCNC(=O)COC(=O)c1ccc(N)c([N+](=O)[O-])c1. The second-order valence-corrected chi connectivity index (χ2v) is 5.46. The Labute approximate surface area is 160 Å². The van der Waals surface area contributed by atoms with Gasteiger partial charge in [0.1, 0.15) is 12.3 Å². The van der Waals surface area contributed by atoms with E-state index in [-0.39, 0.29) is 24.4 Å². The summed E-state index contributed by atoms with van der Waals surface area (Å²) >= 11 is 0. The second-order valence-electron chi connectivity index (χ2n) is 5.46. The number of nitro groups is 1. The number of amides is 1. The highest BCUT2D eigenvalue weighted by atomic mass is 16.6. The molecule has 0 unspecified atom stereocenters. The molecule has 0 saturated carbocycles. The van der Waals surface area contributed by atoms with Crippen molar-refractivity contribution >= 4 is 23.3 Å². The Hall–Kier alpha value is -3.82. The van der Waals surface area contributed by atoms with Crippen LogP contribution in [0.25, 0.3) is 0 Å². The minimum absolute atomic E-state index is 0.0747. The summed E-state index contributed by atoms with van der Waals surface area (Å²) in [5.74, 6) is -0.304. The standard InChI is InChI=1S/C18H19N3O7/c1-26-15-4-2-3-5-16(15)27-9-8-20-17(22)11-28-18(23)12-6-7-13(19)14(10-12)21(24)25/h2-7,10H,8-9,11,19H2,1H3,(H,20,22). The number of carbonyl (C=O) groups excluding carboxylic acids is 2. The van der Waals surface area contributed by atoms with Crippen LogP contribution in [-0.2, 0) is 9.53 Å². The summed E-state index contributed by atoms with van der Waals surface area (Å²) < 4.78 is 15.5. The van der Waals surface area contributed by atoms with Crippen molar-refractivity contribution in [1.82, 2.24) is 5.32 Å². The van der Waals surface area contributed by atoms with E-state index in [1.54, 1.807) is 24.3 Å². The molecule has 0 spiro atoms. The van der Waals surface area contributed by atoms with Crippen LogP contribution in [0.1, 0.15) is 10.4 Å². The van der Waals surface area contributed by atoms with E-state index in [0.717, 1.165) is 6.07 Å². The fraction of sp³-hybridized carbons (Fsp3) is 0.222. The van der Waals surface area contributed by atoms with Gasteiger partial charge < -0.3 is 25.3 Å². The summed E-state index contributed by atoms with van der Waals surface area (Å²) in [6.45, 7) is -0.169. The number of esters is 1. The molecule has 1 amide bonds. The predicted octanol–water partition coefficient (Wildman–Crippen LogP) is 1.54. The van der Waals surface area contributed by atoms with E-state index in [1.165, 1.54) is 19.2 Å². The maximum absolute atomic E-state index is 11.9.